The zero-order valence-electron chi connectivity index (χ0n) is 11.9. The third-order valence-electron chi connectivity index (χ3n) is 5.19. The number of nitrogens with one attached hydrogen (secondary N) is 1. The summed E-state index contributed by atoms with van der Waals surface area (Å²) in [5.74, 6) is 0.884. The first kappa shape index (κ1) is 13.4. The molecule has 0 aromatic rings. The van der Waals surface area contributed by atoms with Gasteiger partial charge in [-0.25, -0.2) is 0 Å². The second-order valence-corrected chi connectivity index (χ2v) is 6.16. The van der Waals surface area contributed by atoms with Crippen LogP contribution in [0.3, 0.4) is 0 Å². The van der Waals surface area contributed by atoms with Crippen LogP contribution in [0.4, 0.5) is 0 Å². The molecule has 0 aromatic heterocycles. The van der Waals surface area contributed by atoms with Crippen molar-refractivity contribution in [2.24, 2.45) is 5.92 Å². The van der Waals surface area contributed by atoms with E-state index in [1.54, 1.807) is 0 Å². The van der Waals surface area contributed by atoms with Gasteiger partial charge in [-0.2, -0.15) is 0 Å². The highest BCUT2D eigenvalue weighted by Crippen LogP contribution is 2.32. The molecule has 2 unspecified atom stereocenters. The first-order chi connectivity index (χ1) is 8.24. The van der Waals surface area contributed by atoms with Crippen molar-refractivity contribution in [2.45, 2.75) is 76.9 Å². The Morgan fingerprint density at radius 1 is 1.12 bits per heavy atom. The second kappa shape index (κ2) is 6.19. The highest BCUT2D eigenvalue weighted by Gasteiger charge is 2.35. The van der Waals surface area contributed by atoms with Crippen molar-refractivity contribution < 1.29 is 0 Å². The van der Waals surface area contributed by atoms with E-state index in [1.165, 1.54) is 51.5 Å². The molecule has 2 heterocycles. The van der Waals surface area contributed by atoms with Gasteiger partial charge in [0.1, 0.15) is 0 Å². The molecule has 2 nitrogen and oxygen atoms in total. The van der Waals surface area contributed by atoms with Gasteiger partial charge in [0.15, 0.2) is 0 Å². The van der Waals surface area contributed by atoms with Crippen LogP contribution >= 0.6 is 0 Å². The molecule has 2 fully saturated rings. The monoisotopic (exact) mass is 238 g/mol. The highest BCUT2D eigenvalue weighted by atomic mass is 15.2. The minimum atomic E-state index is 0.794. The van der Waals surface area contributed by atoms with Crippen molar-refractivity contribution in [3.8, 4) is 0 Å². The zero-order chi connectivity index (χ0) is 12.3. The molecule has 2 rings (SSSR count). The maximum absolute atomic E-state index is 3.85. The summed E-state index contributed by atoms with van der Waals surface area (Å²) < 4.78 is 0. The lowest BCUT2D eigenvalue weighted by Gasteiger charge is -2.47. The Labute approximate surface area is 107 Å². The molecule has 0 radical (unpaired) electrons. The van der Waals surface area contributed by atoms with Crippen LogP contribution in [-0.4, -0.2) is 36.6 Å². The number of fused-ring (bicyclic) bond motifs is 2. The molecule has 2 heteroatoms. The summed E-state index contributed by atoms with van der Waals surface area (Å²) in [5.41, 5.74) is 0. The van der Waals surface area contributed by atoms with Crippen LogP contribution in [0, 0.1) is 5.92 Å². The van der Waals surface area contributed by atoms with Crippen molar-refractivity contribution in [1.29, 1.82) is 0 Å². The van der Waals surface area contributed by atoms with Crippen LogP contribution in [0.5, 0.6) is 0 Å². The van der Waals surface area contributed by atoms with Gasteiger partial charge < -0.3 is 10.2 Å². The van der Waals surface area contributed by atoms with Crippen molar-refractivity contribution >= 4 is 0 Å². The third-order valence-corrected chi connectivity index (χ3v) is 5.19. The molecule has 2 aliphatic rings. The SMILES string of the molecule is CCC(CC)CNC1CC2CCCC(C1)N2C. The van der Waals surface area contributed by atoms with E-state index in [2.05, 4.69) is 31.1 Å². The lowest BCUT2D eigenvalue weighted by Crippen LogP contribution is -2.54. The van der Waals surface area contributed by atoms with E-state index in [4.69, 9.17) is 0 Å². The van der Waals surface area contributed by atoms with Crippen molar-refractivity contribution in [1.82, 2.24) is 10.2 Å². The van der Waals surface area contributed by atoms with Crippen LogP contribution in [0.2, 0.25) is 0 Å². The molecule has 2 aliphatic heterocycles. The first-order valence-electron chi connectivity index (χ1n) is 7.69. The predicted octanol–water partition coefficient (Wildman–Crippen LogP) is 3.03. The van der Waals surface area contributed by atoms with E-state index >= 15 is 0 Å². The summed E-state index contributed by atoms with van der Waals surface area (Å²) in [7, 11) is 2.34. The molecular weight excluding hydrogens is 208 g/mol. The van der Waals surface area contributed by atoms with E-state index < -0.39 is 0 Å². The van der Waals surface area contributed by atoms with E-state index in [9.17, 15) is 0 Å². The van der Waals surface area contributed by atoms with Crippen LogP contribution in [0.25, 0.3) is 0 Å². The topological polar surface area (TPSA) is 15.3 Å². The molecule has 100 valence electrons. The highest BCUT2D eigenvalue weighted by molar-refractivity contribution is 4.93. The van der Waals surface area contributed by atoms with Crippen molar-refractivity contribution in [3.05, 3.63) is 0 Å². The molecule has 1 N–H and O–H groups in total. The number of piperidine rings is 2. The van der Waals surface area contributed by atoms with Crippen LogP contribution in [0.1, 0.15) is 58.8 Å². The minimum absolute atomic E-state index is 0.794. The summed E-state index contributed by atoms with van der Waals surface area (Å²) in [4.78, 5) is 2.65. The molecule has 0 spiro atoms. The van der Waals surface area contributed by atoms with Gasteiger partial charge in [-0.3, -0.25) is 0 Å². The van der Waals surface area contributed by atoms with Crippen LogP contribution in [-0.2, 0) is 0 Å². The average Bonchev–Trinajstić information content (AvgIpc) is 2.31. The lowest BCUT2D eigenvalue weighted by atomic mass is 9.82. The molecule has 0 aromatic carbocycles. The average molecular weight is 238 g/mol. The Morgan fingerprint density at radius 3 is 2.24 bits per heavy atom. The maximum atomic E-state index is 3.85. The van der Waals surface area contributed by atoms with Gasteiger partial charge in [0.2, 0.25) is 0 Å². The number of hydrogen-bond donors (Lipinski definition) is 1. The van der Waals surface area contributed by atoms with E-state index in [0.717, 1.165) is 24.0 Å². The summed E-state index contributed by atoms with van der Waals surface area (Å²) in [6.07, 6.45) is 9.72. The molecule has 2 bridgehead atoms. The van der Waals surface area contributed by atoms with Crippen molar-refractivity contribution in [3.63, 3.8) is 0 Å². The predicted molar refractivity (Wildman–Crippen MR) is 74.3 cm³/mol. The van der Waals surface area contributed by atoms with E-state index in [0.29, 0.717) is 0 Å². The summed E-state index contributed by atoms with van der Waals surface area (Å²) in [6.45, 7) is 5.87. The van der Waals surface area contributed by atoms with Gasteiger partial charge in [0.25, 0.3) is 0 Å². The molecular formula is C15H30N2. The fourth-order valence-electron chi connectivity index (χ4n) is 3.69. The number of rotatable bonds is 5. The van der Waals surface area contributed by atoms with E-state index in [-0.39, 0.29) is 0 Å². The Kier molecular flexibility index (Phi) is 4.87. The smallest absolute Gasteiger partial charge is 0.0110 e. The standard InChI is InChI=1S/C15H30N2/c1-4-12(5-2)11-16-13-9-14-7-6-8-15(10-13)17(14)3/h12-16H,4-11H2,1-3H3. The molecule has 17 heavy (non-hydrogen) atoms. The molecule has 0 saturated carbocycles. The zero-order valence-corrected chi connectivity index (χ0v) is 11.9. The van der Waals surface area contributed by atoms with E-state index in [1.807, 2.05) is 0 Å². The van der Waals surface area contributed by atoms with Crippen molar-refractivity contribution in [2.75, 3.05) is 13.6 Å². The molecule has 0 amide bonds. The van der Waals surface area contributed by atoms with Gasteiger partial charge >= 0.3 is 0 Å². The molecule has 2 atom stereocenters. The van der Waals surface area contributed by atoms with Gasteiger partial charge in [-0.1, -0.05) is 33.1 Å². The Balaban J connectivity index is 1.79. The second-order valence-electron chi connectivity index (χ2n) is 6.16. The van der Waals surface area contributed by atoms with Gasteiger partial charge in [0, 0.05) is 18.1 Å². The maximum Gasteiger partial charge on any atom is 0.0110 e. The van der Waals surface area contributed by atoms with Crippen LogP contribution in [0.15, 0.2) is 0 Å². The first-order valence-corrected chi connectivity index (χ1v) is 7.69. The van der Waals surface area contributed by atoms with Crippen LogP contribution < -0.4 is 5.32 Å². The third kappa shape index (κ3) is 3.23. The van der Waals surface area contributed by atoms with Gasteiger partial charge in [0.05, 0.1) is 0 Å². The summed E-state index contributed by atoms with van der Waals surface area (Å²) >= 11 is 0. The number of hydrogen-bond acceptors (Lipinski definition) is 2. The fourth-order valence-corrected chi connectivity index (χ4v) is 3.69. The summed E-state index contributed by atoms with van der Waals surface area (Å²) in [6, 6.07) is 2.52. The Bertz CT molecular complexity index is 211. The minimum Gasteiger partial charge on any atom is -0.314 e. The van der Waals surface area contributed by atoms with Gasteiger partial charge in [-0.15, -0.1) is 0 Å². The fraction of sp³-hybridized carbons (Fsp3) is 1.00. The van der Waals surface area contributed by atoms with Gasteiger partial charge in [-0.05, 0) is 45.2 Å². The summed E-state index contributed by atoms with van der Waals surface area (Å²) in [5, 5.41) is 3.85. The Hall–Kier alpha value is -0.0800. The largest absolute Gasteiger partial charge is 0.314 e. The lowest BCUT2D eigenvalue weighted by molar-refractivity contribution is 0.0476. The molecule has 0 aliphatic carbocycles. The molecule has 2 saturated heterocycles. The number of nitrogens with zero attached hydrogens (tertiary/aromatic N) is 1. The Morgan fingerprint density at radius 2 is 1.71 bits per heavy atom. The normalized spacial score (nSPS) is 34.2. The quantitative estimate of drug-likeness (QED) is 0.792.